The van der Waals surface area contributed by atoms with Crippen molar-refractivity contribution in [3.05, 3.63) is 22.8 Å². The molecule has 0 spiro atoms. The summed E-state index contributed by atoms with van der Waals surface area (Å²) >= 11 is 0. The van der Waals surface area contributed by atoms with Gasteiger partial charge in [-0.25, -0.2) is 0 Å². The number of rotatable bonds is 0. The predicted molar refractivity (Wildman–Crippen MR) is 69.8 cm³/mol. The Balaban J connectivity index is 3.03. The number of allylic oxidation sites excluding steroid dienone is 4. The Labute approximate surface area is 104 Å². The van der Waals surface area contributed by atoms with Gasteiger partial charge >= 0.3 is 0 Å². The first-order chi connectivity index (χ1) is 7.91. The fourth-order valence-corrected chi connectivity index (χ4v) is 2.08. The number of hydrogen-bond acceptors (Lipinski definition) is 2. The van der Waals surface area contributed by atoms with Crippen molar-refractivity contribution >= 4 is 11.6 Å². The zero-order valence-electron chi connectivity index (χ0n) is 11.3. The molecule has 0 N–H and O–H groups in total. The molecule has 0 saturated heterocycles. The standard InChI is InChI=1S/C15H22O2/c1-10(2)13-9-14(16)12(4)7-5-6-11(3)8-15(13)17/h6,12H,5,7-9H2,1-4H3/t12-/m0/s1. The highest BCUT2D eigenvalue weighted by Gasteiger charge is 2.20. The van der Waals surface area contributed by atoms with Crippen LogP contribution in [-0.2, 0) is 9.59 Å². The third-order valence-corrected chi connectivity index (χ3v) is 3.37. The first-order valence-electron chi connectivity index (χ1n) is 6.29. The Hall–Kier alpha value is -1.18. The third-order valence-electron chi connectivity index (χ3n) is 3.37. The van der Waals surface area contributed by atoms with Crippen molar-refractivity contribution in [2.75, 3.05) is 0 Å². The highest BCUT2D eigenvalue weighted by atomic mass is 16.1. The predicted octanol–water partition coefficient (Wildman–Crippen LogP) is 3.62. The molecule has 1 aliphatic carbocycles. The van der Waals surface area contributed by atoms with E-state index < -0.39 is 0 Å². The summed E-state index contributed by atoms with van der Waals surface area (Å²) in [4.78, 5) is 24.1. The zero-order chi connectivity index (χ0) is 13.0. The first-order valence-corrected chi connectivity index (χ1v) is 6.29. The van der Waals surface area contributed by atoms with Crippen LogP contribution in [0.2, 0.25) is 0 Å². The minimum absolute atomic E-state index is 0.0549. The maximum atomic E-state index is 12.1. The van der Waals surface area contributed by atoms with E-state index in [1.54, 1.807) is 0 Å². The number of ketones is 2. The summed E-state index contributed by atoms with van der Waals surface area (Å²) in [7, 11) is 0. The van der Waals surface area contributed by atoms with Crippen LogP contribution >= 0.6 is 0 Å². The molecule has 0 fully saturated rings. The Kier molecular flexibility index (Phi) is 4.86. The molecule has 0 aliphatic heterocycles. The molecule has 0 unspecified atom stereocenters. The van der Waals surface area contributed by atoms with Crippen molar-refractivity contribution in [2.45, 2.75) is 53.4 Å². The van der Waals surface area contributed by atoms with E-state index in [0.29, 0.717) is 12.8 Å². The summed E-state index contributed by atoms with van der Waals surface area (Å²) in [6.07, 6.45) is 4.66. The molecular formula is C15H22O2. The molecule has 94 valence electrons. The molecule has 0 radical (unpaired) electrons. The van der Waals surface area contributed by atoms with Crippen molar-refractivity contribution in [3.8, 4) is 0 Å². The normalized spacial score (nSPS) is 23.4. The highest BCUT2D eigenvalue weighted by Crippen LogP contribution is 2.22. The topological polar surface area (TPSA) is 34.1 Å². The van der Waals surface area contributed by atoms with E-state index in [1.165, 1.54) is 0 Å². The maximum absolute atomic E-state index is 12.1. The summed E-state index contributed by atoms with van der Waals surface area (Å²) in [5.41, 5.74) is 2.82. The van der Waals surface area contributed by atoms with Crippen LogP contribution < -0.4 is 0 Å². The van der Waals surface area contributed by atoms with Gasteiger partial charge in [0.2, 0.25) is 0 Å². The van der Waals surface area contributed by atoms with Gasteiger partial charge in [-0.3, -0.25) is 9.59 Å². The molecule has 0 bridgehead atoms. The first kappa shape index (κ1) is 13.9. The summed E-state index contributed by atoms with van der Waals surface area (Å²) in [5.74, 6) is 0.364. The Morgan fingerprint density at radius 3 is 2.47 bits per heavy atom. The van der Waals surface area contributed by atoms with Gasteiger partial charge in [0, 0.05) is 24.3 Å². The number of Topliss-reactive ketones (excluding diaryl/α,β-unsaturated/α-hetero) is 2. The van der Waals surface area contributed by atoms with E-state index in [4.69, 9.17) is 0 Å². The van der Waals surface area contributed by atoms with Crippen molar-refractivity contribution < 1.29 is 9.59 Å². The second-order valence-electron chi connectivity index (χ2n) is 5.25. The van der Waals surface area contributed by atoms with Gasteiger partial charge in [0.1, 0.15) is 5.78 Å². The molecule has 2 heteroatoms. The molecule has 1 aliphatic rings. The molecule has 0 aromatic heterocycles. The second kappa shape index (κ2) is 5.95. The van der Waals surface area contributed by atoms with Crippen molar-refractivity contribution in [2.24, 2.45) is 5.92 Å². The number of carbonyl (C=O) groups is 2. The smallest absolute Gasteiger partial charge is 0.163 e. The van der Waals surface area contributed by atoms with Crippen LogP contribution in [0.3, 0.4) is 0 Å². The minimum atomic E-state index is 0.0549. The van der Waals surface area contributed by atoms with Gasteiger partial charge in [-0.05, 0) is 33.6 Å². The molecule has 17 heavy (non-hydrogen) atoms. The summed E-state index contributed by atoms with van der Waals surface area (Å²) in [5, 5.41) is 0. The molecule has 1 rings (SSSR count). The van der Waals surface area contributed by atoms with Gasteiger partial charge in [-0.1, -0.05) is 24.1 Å². The van der Waals surface area contributed by atoms with Crippen LogP contribution in [0.4, 0.5) is 0 Å². The molecule has 0 saturated carbocycles. The Morgan fingerprint density at radius 1 is 1.24 bits per heavy atom. The molecular weight excluding hydrogens is 212 g/mol. The van der Waals surface area contributed by atoms with Gasteiger partial charge in [0.05, 0.1) is 0 Å². The van der Waals surface area contributed by atoms with Crippen molar-refractivity contribution in [3.63, 3.8) is 0 Å². The SMILES string of the molecule is CC1=CCC[C@H](C)C(=O)CC(=C(C)C)C(=O)C1. The van der Waals surface area contributed by atoms with Crippen LogP contribution in [0, 0.1) is 5.92 Å². The molecule has 0 aromatic carbocycles. The monoisotopic (exact) mass is 234 g/mol. The largest absolute Gasteiger partial charge is 0.299 e. The van der Waals surface area contributed by atoms with E-state index in [-0.39, 0.29) is 17.5 Å². The fraction of sp³-hybridized carbons (Fsp3) is 0.600. The van der Waals surface area contributed by atoms with E-state index in [2.05, 4.69) is 6.08 Å². The van der Waals surface area contributed by atoms with E-state index in [9.17, 15) is 9.59 Å². The summed E-state index contributed by atoms with van der Waals surface area (Å²) < 4.78 is 0. The average molecular weight is 234 g/mol. The molecule has 1 atom stereocenters. The lowest BCUT2D eigenvalue weighted by molar-refractivity contribution is -0.123. The highest BCUT2D eigenvalue weighted by molar-refractivity contribution is 6.02. The second-order valence-corrected chi connectivity index (χ2v) is 5.25. The van der Waals surface area contributed by atoms with E-state index in [1.807, 2.05) is 27.7 Å². The Morgan fingerprint density at radius 2 is 1.88 bits per heavy atom. The van der Waals surface area contributed by atoms with Gasteiger partial charge in [0.15, 0.2) is 5.78 Å². The van der Waals surface area contributed by atoms with E-state index in [0.717, 1.165) is 29.6 Å². The summed E-state index contributed by atoms with van der Waals surface area (Å²) in [6, 6.07) is 0. The molecule has 0 aromatic rings. The van der Waals surface area contributed by atoms with E-state index >= 15 is 0 Å². The lowest BCUT2D eigenvalue weighted by atomic mass is 9.88. The van der Waals surface area contributed by atoms with Crippen LogP contribution in [0.1, 0.15) is 53.4 Å². The van der Waals surface area contributed by atoms with Crippen molar-refractivity contribution in [1.29, 1.82) is 0 Å². The lowest BCUT2D eigenvalue weighted by Gasteiger charge is -2.15. The third kappa shape index (κ3) is 3.95. The minimum Gasteiger partial charge on any atom is -0.299 e. The number of hydrogen-bond donors (Lipinski definition) is 0. The molecule has 0 amide bonds. The van der Waals surface area contributed by atoms with Crippen LogP contribution in [0.15, 0.2) is 22.8 Å². The van der Waals surface area contributed by atoms with Gasteiger partial charge in [-0.15, -0.1) is 0 Å². The maximum Gasteiger partial charge on any atom is 0.163 e. The fourth-order valence-electron chi connectivity index (χ4n) is 2.08. The molecule has 2 nitrogen and oxygen atoms in total. The average Bonchev–Trinajstić information content (AvgIpc) is 2.23. The quantitative estimate of drug-likeness (QED) is 0.474. The van der Waals surface area contributed by atoms with Gasteiger partial charge < -0.3 is 0 Å². The van der Waals surface area contributed by atoms with Gasteiger partial charge in [-0.2, -0.15) is 0 Å². The van der Waals surface area contributed by atoms with Gasteiger partial charge in [0.25, 0.3) is 0 Å². The Bertz CT molecular complexity index is 382. The van der Waals surface area contributed by atoms with Crippen LogP contribution in [-0.4, -0.2) is 11.6 Å². The zero-order valence-corrected chi connectivity index (χ0v) is 11.3. The molecule has 0 heterocycles. The van der Waals surface area contributed by atoms with Crippen molar-refractivity contribution in [1.82, 2.24) is 0 Å². The van der Waals surface area contributed by atoms with Crippen LogP contribution in [0.5, 0.6) is 0 Å². The lowest BCUT2D eigenvalue weighted by Crippen LogP contribution is -2.17. The number of carbonyl (C=O) groups excluding carboxylic acids is 2. The summed E-state index contributed by atoms with van der Waals surface area (Å²) in [6.45, 7) is 7.78. The van der Waals surface area contributed by atoms with Crippen LogP contribution in [0.25, 0.3) is 0 Å².